The van der Waals surface area contributed by atoms with Gasteiger partial charge in [0.15, 0.2) is 6.23 Å². The number of aliphatic hydroxyl groups excluding tert-OH is 1. The maximum Gasteiger partial charge on any atom is 0.353 e. The molecule has 0 bridgehead atoms. The molecule has 132 valence electrons. The van der Waals surface area contributed by atoms with Gasteiger partial charge in [0.25, 0.3) is 0 Å². The van der Waals surface area contributed by atoms with Crippen molar-refractivity contribution in [2.24, 2.45) is 0 Å². The van der Waals surface area contributed by atoms with Gasteiger partial charge in [-0.1, -0.05) is 36.4 Å². The first-order valence-corrected chi connectivity index (χ1v) is 7.94. The Morgan fingerprint density at radius 3 is 2.72 bits per heavy atom. The van der Waals surface area contributed by atoms with Crippen LogP contribution in [0.2, 0.25) is 0 Å². The molecule has 1 aromatic carbocycles. The molecular formula is C18H20N2O5. The predicted molar refractivity (Wildman–Crippen MR) is 90.2 cm³/mol. The molecule has 1 aliphatic rings. The van der Waals surface area contributed by atoms with Gasteiger partial charge in [-0.05, 0) is 11.6 Å². The van der Waals surface area contributed by atoms with Gasteiger partial charge in [-0.3, -0.25) is 4.57 Å². The highest BCUT2D eigenvalue weighted by Crippen LogP contribution is 2.23. The van der Waals surface area contributed by atoms with Crippen LogP contribution in [0.1, 0.15) is 11.8 Å². The van der Waals surface area contributed by atoms with E-state index in [2.05, 4.69) is 4.98 Å². The zero-order valence-corrected chi connectivity index (χ0v) is 13.8. The molecule has 7 heteroatoms. The van der Waals surface area contributed by atoms with Gasteiger partial charge in [0.05, 0.1) is 20.3 Å². The third-order valence-electron chi connectivity index (χ3n) is 3.90. The minimum absolute atomic E-state index is 0.224. The van der Waals surface area contributed by atoms with Crippen LogP contribution >= 0.6 is 0 Å². The Bertz CT molecular complexity index is 775. The van der Waals surface area contributed by atoms with Crippen LogP contribution in [-0.2, 0) is 16.1 Å². The first-order chi connectivity index (χ1) is 12.2. The summed E-state index contributed by atoms with van der Waals surface area (Å²) in [5, 5.41) is 9.61. The molecule has 3 atom stereocenters. The number of nitrogens with zero attached hydrogens (tertiary/aromatic N) is 2. The second kappa shape index (κ2) is 8.06. The van der Waals surface area contributed by atoms with Crippen LogP contribution < -0.4 is 10.4 Å². The van der Waals surface area contributed by atoms with E-state index in [1.54, 1.807) is 24.4 Å². The molecule has 25 heavy (non-hydrogen) atoms. The van der Waals surface area contributed by atoms with Gasteiger partial charge < -0.3 is 19.3 Å². The number of aliphatic hydroxyl groups is 1. The second-order valence-corrected chi connectivity index (χ2v) is 5.55. The molecule has 0 amide bonds. The van der Waals surface area contributed by atoms with E-state index >= 15 is 0 Å². The zero-order chi connectivity index (χ0) is 17.6. The molecule has 0 spiro atoms. The number of methoxy groups -OCH3 is 1. The highest BCUT2D eigenvalue weighted by Gasteiger charge is 2.28. The largest absolute Gasteiger partial charge is 0.481 e. The molecule has 2 heterocycles. The average Bonchev–Trinajstić information content (AvgIpc) is 2.67. The van der Waals surface area contributed by atoms with Gasteiger partial charge in [-0.2, -0.15) is 4.98 Å². The molecule has 1 aliphatic heterocycles. The van der Waals surface area contributed by atoms with E-state index < -0.39 is 24.1 Å². The summed E-state index contributed by atoms with van der Waals surface area (Å²) in [6.07, 6.45) is 3.44. The highest BCUT2D eigenvalue weighted by molar-refractivity contribution is 5.14. The van der Waals surface area contributed by atoms with Crippen molar-refractivity contribution in [2.45, 2.75) is 25.0 Å². The highest BCUT2D eigenvalue weighted by atomic mass is 16.6. The lowest BCUT2D eigenvalue weighted by Crippen LogP contribution is -2.40. The van der Waals surface area contributed by atoms with Crippen molar-refractivity contribution in [1.29, 1.82) is 0 Å². The summed E-state index contributed by atoms with van der Waals surface area (Å²) in [7, 11) is 1.44. The van der Waals surface area contributed by atoms with E-state index in [0.29, 0.717) is 6.61 Å². The van der Waals surface area contributed by atoms with Gasteiger partial charge >= 0.3 is 5.69 Å². The summed E-state index contributed by atoms with van der Waals surface area (Å²) in [5.74, 6) is 0.240. The molecule has 3 rings (SSSR count). The minimum atomic E-state index is -0.653. The molecule has 0 fully saturated rings. The fourth-order valence-corrected chi connectivity index (χ4v) is 2.57. The molecule has 0 radical (unpaired) electrons. The fraction of sp³-hybridized carbons (Fsp3) is 0.333. The lowest BCUT2D eigenvalue weighted by atomic mass is 10.1. The van der Waals surface area contributed by atoms with Crippen molar-refractivity contribution < 1.29 is 19.3 Å². The maximum absolute atomic E-state index is 12.0. The van der Waals surface area contributed by atoms with Crippen LogP contribution in [0.3, 0.4) is 0 Å². The average molecular weight is 344 g/mol. The SMILES string of the molecule is COc1ccn([C@H]2C=C[C@H](OCc3ccccc3)[C@@H](CO)O2)c(=O)n1. The summed E-state index contributed by atoms with van der Waals surface area (Å²) >= 11 is 0. The van der Waals surface area contributed by atoms with E-state index in [0.717, 1.165) is 5.56 Å². The van der Waals surface area contributed by atoms with E-state index in [4.69, 9.17) is 14.2 Å². The van der Waals surface area contributed by atoms with E-state index in [1.807, 2.05) is 30.3 Å². The number of aromatic nitrogens is 2. The van der Waals surface area contributed by atoms with Crippen LogP contribution in [0.15, 0.2) is 59.5 Å². The monoisotopic (exact) mass is 344 g/mol. The Morgan fingerprint density at radius 2 is 2.04 bits per heavy atom. The van der Waals surface area contributed by atoms with E-state index in [-0.39, 0.29) is 12.5 Å². The lowest BCUT2D eigenvalue weighted by Gasteiger charge is -2.31. The Kier molecular flexibility index (Phi) is 5.60. The minimum Gasteiger partial charge on any atom is -0.481 e. The third kappa shape index (κ3) is 4.14. The lowest BCUT2D eigenvalue weighted by molar-refractivity contribution is -0.126. The molecule has 7 nitrogen and oxygen atoms in total. The predicted octanol–water partition coefficient (Wildman–Crippen LogP) is 1.28. The van der Waals surface area contributed by atoms with Gasteiger partial charge in [0, 0.05) is 12.3 Å². The van der Waals surface area contributed by atoms with E-state index in [9.17, 15) is 9.90 Å². The first-order valence-electron chi connectivity index (χ1n) is 7.94. The van der Waals surface area contributed by atoms with Crippen LogP contribution in [0, 0.1) is 0 Å². The number of rotatable bonds is 6. The van der Waals surface area contributed by atoms with Crippen molar-refractivity contribution in [1.82, 2.24) is 9.55 Å². The molecule has 2 aromatic rings. The molecular weight excluding hydrogens is 324 g/mol. The molecule has 0 aliphatic carbocycles. The van der Waals surface area contributed by atoms with Gasteiger partial charge in [0.2, 0.25) is 5.88 Å². The Hall–Kier alpha value is -2.48. The molecule has 1 aromatic heterocycles. The number of benzene rings is 1. The normalized spacial score (nSPS) is 22.7. The Morgan fingerprint density at radius 1 is 1.24 bits per heavy atom. The van der Waals surface area contributed by atoms with Crippen LogP contribution in [0.4, 0.5) is 0 Å². The van der Waals surface area contributed by atoms with Crippen LogP contribution in [0.5, 0.6) is 5.88 Å². The van der Waals surface area contributed by atoms with Crippen molar-refractivity contribution in [2.75, 3.05) is 13.7 Å². The van der Waals surface area contributed by atoms with Crippen LogP contribution in [0.25, 0.3) is 0 Å². The topological polar surface area (TPSA) is 82.8 Å². The smallest absolute Gasteiger partial charge is 0.353 e. The third-order valence-corrected chi connectivity index (χ3v) is 3.90. The molecule has 1 N–H and O–H groups in total. The number of ether oxygens (including phenoxy) is 3. The van der Waals surface area contributed by atoms with Crippen molar-refractivity contribution in [3.63, 3.8) is 0 Å². The van der Waals surface area contributed by atoms with Gasteiger partial charge in [-0.25, -0.2) is 4.79 Å². The van der Waals surface area contributed by atoms with Crippen LogP contribution in [-0.4, -0.2) is 40.6 Å². The maximum atomic E-state index is 12.0. The number of hydrogen-bond acceptors (Lipinski definition) is 6. The molecule has 0 saturated heterocycles. The Labute approximate surface area is 145 Å². The summed E-state index contributed by atoms with van der Waals surface area (Å²) in [6, 6.07) is 11.3. The summed E-state index contributed by atoms with van der Waals surface area (Å²) in [4.78, 5) is 15.8. The van der Waals surface area contributed by atoms with Crippen molar-refractivity contribution in [3.8, 4) is 5.88 Å². The molecule has 0 saturated carbocycles. The number of hydrogen-bond donors (Lipinski definition) is 1. The first kappa shape index (κ1) is 17.3. The van der Waals surface area contributed by atoms with Crippen molar-refractivity contribution >= 4 is 0 Å². The summed E-state index contributed by atoms with van der Waals surface area (Å²) < 4.78 is 17.9. The summed E-state index contributed by atoms with van der Waals surface area (Å²) in [6.45, 7) is 0.184. The molecule has 0 unspecified atom stereocenters. The second-order valence-electron chi connectivity index (χ2n) is 5.55. The van der Waals surface area contributed by atoms with E-state index in [1.165, 1.54) is 11.7 Å². The Balaban J connectivity index is 1.71. The summed E-state index contributed by atoms with van der Waals surface area (Å²) in [5.41, 5.74) is 0.541. The standard InChI is InChI=1S/C18H20N2O5/c1-23-16-9-10-20(18(22)19-16)17-8-7-14(15(11-21)25-17)24-12-13-5-3-2-4-6-13/h2-10,14-15,17,21H,11-12H2,1H3/t14-,15+,17+/m0/s1. The van der Waals surface area contributed by atoms with Gasteiger partial charge in [-0.15, -0.1) is 0 Å². The zero-order valence-electron chi connectivity index (χ0n) is 13.8. The quantitative estimate of drug-likeness (QED) is 0.795. The van der Waals surface area contributed by atoms with Gasteiger partial charge in [0.1, 0.15) is 12.2 Å². The van der Waals surface area contributed by atoms with Crippen molar-refractivity contribution in [3.05, 3.63) is 70.8 Å². The fourth-order valence-electron chi connectivity index (χ4n) is 2.57.